The summed E-state index contributed by atoms with van der Waals surface area (Å²) < 4.78 is 11.2. The fourth-order valence-corrected chi connectivity index (χ4v) is 4.29. The second-order valence-corrected chi connectivity index (χ2v) is 7.73. The Kier molecular flexibility index (Phi) is 5.78. The molecule has 3 aliphatic rings. The summed E-state index contributed by atoms with van der Waals surface area (Å²) in [4.78, 5) is 14.3. The van der Waals surface area contributed by atoms with Crippen molar-refractivity contribution in [2.24, 2.45) is 10.4 Å². The Balaban J connectivity index is 1.48. The molecule has 1 aromatic rings. The van der Waals surface area contributed by atoms with Gasteiger partial charge in [-0.1, -0.05) is 6.07 Å². The average molecular weight is 374 g/mol. The van der Waals surface area contributed by atoms with Gasteiger partial charge in [0.05, 0.1) is 26.4 Å². The Morgan fingerprint density at radius 3 is 2.89 bits per heavy atom. The standard InChI is InChI=1S/C20H31N5O2/c1-2-21-19(25-8-5-20(15-25)6-11-27-16-20)23-14-17-4-3-7-22-18(17)24-9-12-26-13-10-24/h3-4,7H,2,5-6,8-16H2,1H3,(H,21,23). The number of aliphatic imine (C=N–C) groups is 1. The van der Waals surface area contributed by atoms with Gasteiger partial charge < -0.3 is 24.6 Å². The zero-order valence-electron chi connectivity index (χ0n) is 16.3. The highest BCUT2D eigenvalue weighted by Gasteiger charge is 2.42. The van der Waals surface area contributed by atoms with Gasteiger partial charge in [0.25, 0.3) is 0 Å². The van der Waals surface area contributed by atoms with Crippen molar-refractivity contribution in [3.8, 4) is 0 Å². The van der Waals surface area contributed by atoms with E-state index in [1.54, 1.807) is 0 Å². The molecule has 0 amide bonds. The third-order valence-corrected chi connectivity index (χ3v) is 5.84. The average Bonchev–Trinajstić information content (AvgIpc) is 3.36. The highest BCUT2D eigenvalue weighted by Crippen LogP contribution is 2.38. The number of anilines is 1. The molecule has 0 radical (unpaired) electrons. The molecular weight excluding hydrogens is 342 g/mol. The molecule has 148 valence electrons. The number of aromatic nitrogens is 1. The summed E-state index contributed by atoms with van der Waals surface area (Å²) in [5.41, 5.74) is 1.51. The van der Waals surface area contributed by atoms with E-state index in [-0.39, 0.29) is 0 Å². The van der Waals surface area contributed by atoms with Gasteiger partial charge in [-0.25, -0.2) is 9.98 Å². The molecule has 1 aromatic heterocycles. The molecule has 7 heteroatoms. The minimum absolute atomic E-state index is 0.337. The first kappa shape index (κ1) is 18.5. The van der Waals surface area contributed by atoms with E-state index in [1.807, 2.05) is 12.3 Å². The van der Waals surface area contributed by atoms with Crippen LogP contribution >= 0.6 is 0 Å². The Morgan fingerprint density at radius 2 is 2.11 bits per heavy atom. The highest BCUT2D eigenvalue weighted by molar-refractivity contribution is 5.80. The molecule has 0 saturated carbocycles. The van der Waals surface area contributed by atoms with Gasteiger partial charge in [0.1, 0.15) is 5.82 Å². The Bertz CT molecular complexity index is 654. The molecule has 3 aliphatic heterocycles. The van der Waals surface area contributed by atoms with Crippen LogP contribution in [0.4, 0.5) is 5.82 Å². The van der Waals surface area contributed by atoms with Crippen molar-refractivity contribution in [1.29, 1.82) is 0 Å². The molecular formula is C20H31N5O2. The maximum Gasteiger partial charge on any atom is 0.194 e. The van der Waals surface area contributed by atoms with Crippen LogP contribution in [-0.4, -0.2) is 75.0 Å². The first-order valence-corrected chi connectivity index (χ1v) is 10.2. The van der Waals surface area contributed by atoms with Crippen molar-refractivity contribution in [3.05, 3.63) is 23.9 Å². The Hall–Kier alpha value is -1.86. The van der Waals surface area contributed by atoms with Crippen LogP contribution in [-0.2, 0) is 16.0 Å². The van der Waals surface area contributed by atoms with E-state index in [9.17, 15) is 0 Å². The summed E-state index contributed by atoms with van der Waals surface area (Å²) in [5.74, 6) is 2.06. The maximum atomic E-state index is 5.67. The normalized spacial score (nSPS) is 26.2. The van der Waals surface area contributed by atoms with Crippen LogP contribution in [0, 0.1) is 5.41 Å². The predicted octanol–water partition coefficient (Wildman–Crippen LogP) is 1.50. The molecule has 7 nitrogen and oxygen atoms in total. The van der Waals surface area contributed by atoms with Crippen LogP contribution in [0.5, 0.6) is 0 Å². The first-order chi connectivity index (χ1) is 13.3. The smallest absolute Gasteiger partial charge is 0.194 e. The number of morpholine rings is 1. The lowest BCUT2D eigenvalue weighted by molar-refractivity contribution is 0.122. The SMILES string of the molecule is CCNC(=NCc1cccnc1N1CCOCC1)N1CCC2(CCOC2)C1. The van der Waals surface area contributed by atoms with Gasteiger partial charge in [-0.05, 0) is 25.8 Å². The van der Waals surface area contributed by atoms with Crippen LogP contribution in [0.1, 0.15) is 25.3 Å². The van der Waals surface area contributed by atoms with E-state index < -0.39 is 0 Å². The van der Waals surface area contributed by atoms with Crippen LogP contribution in [0.15, 0.2) is 23.3 Å². The molecule has 27 heavy (non-hydrogen) atoms. The van der Waals surface area contributed by atoms with Gasteiger partial charge in [0.15, 0.2) is 5.96 Å². The molecule has 1 atom stereocenters. The molecule has 1 spiro atoms. The highest BCUT2D eigenvalue weighted by atomic mass is 16.5. The number of rotatable bonds is 4. The first-order valence-electron chi connectivity index (χ1n) is 10.2. The third kappa shape index (κ3) is 4.19. The fourth-order valence-electron chi connectivity index (χ4n) is 4.29. The van der Waals surface area contributed by atoms with E-state index in [1.165, 1.54) is 18.4 Å². The number of nitrogens with zero attached hydrogens (tertiary/aromatic N) is 4. The topological polar surface area (TPSA) is 62.2 Å². The van der Waals surface area contributed by atoms with Crippen molar-refractivity contribution in [2.75, 3.05) is 64.1 Å². The summed E-state index contributed by atoms with van der Waals surface area (Å²) in [5, 5.41) is 3.48. The van der Waals surface area contributed by atoms with Crippen molar-refractivity contribution in [1.82, 2.24) is 15.2 Å². The van der Waals surface area contributed by atoms with E-state index in [2.05, 4.69) is 33.1 Å². The fraction of sp³-hybridized carbons (Fsp3) is 0.700. The second-order valence-electron chi connectivity index (χ2n) is 7.73. The van der Waals surface area contributed by atoms with Crippen LogP contribution in [0.25, 0.3) is 0 Å². The lowest BCUT2D eigenvalue weighted by Gasteiger charge is -2.29. The van der Waals surface area contributed by atoms with Crippen molar-refractivity contribution < 1.29 is 9.47 Å². The molecule has 3 saturated heterocycles. The van der Waals surface area contributed by atoms with E-state index in [0.717, 1.165) is 70.9 Å². The lowest BCUT2D eigenvalue weighted by Crippen LogP contribution is -2.41. The quantitative estimate of drug-likeness (QED) is 0.637. The molecule has 3 fully saturated rings. The number of pyridine rings is 1. The van der Waals surface area contributed by atoms with Crippen molar-refractivity contribution in [2.45, 2.75) is 26.3 Å². The summed E-state index contributed by atoms with van der Waals surface area (Å²) in [7, 11) is 0. The number of nitrogens with one attached hydrogen (secondary N) is 1. The summed E-state index contributed by atoms with van der Waals surface area (Å²) in [6.45, 7) is 10.9. The molecule has 4 heterocycles. The summed E-state index contributed by atoms with van der Waals surface area (Å²) >= 11 is 0. The number of likely N-dealkylation sites (tertiary alicyclic amines) is 1. The van der Waals surface area contributed by atoms with Crippen LogP contribution < -0.4 is 10.2 Å². The summed E-state index contributed by atoms with van der Waals surface area (Å²) in [6, 6.07) is 4.14. The number of hydrogen-bond acceptors (Lipinski definition) is 5. The zero-order valence-corrected chi connectivity index (χ0v) is 16.3. The largest absolute Gasteiger partial charge is 0.381 e. The predicted molar refractivity (Wildman–Crippen MR) is 106 cm³/mol. The molecule has 1 unspecified atom stereocenters. The minimum atomic E-state index is 0.337. The van der Waals surface area contributed by atoms with Gasteiger partial charge in [0, 0.05) is 56.5 Å². The number of guanidine groups is 1. The molecule has 4 rings (SSSR count). The van der Waals surface area contributed by atoms with Gasteiger partial charge in [-0.15, -0.1) is 0 Å². The monoisotopic (exact) mass is 373 g/mol. The lowest BCUT2D eigenvalue weighted by atomic mass is 9.87. The number of hydrogen-bond donors (Lipinski definition) is 1. The minimum Gasteiger partial charge on any atom is -0.381 e. The second kappa shape index (κ2) is 8.44. The van der Waals surface area contributed by atoms with E-state index in [0.29, 0.717) is 12.0 Å². The molecule has 0 aromatic carbocycles. The number of ether oxygens (including phenoxy) is 2. The van der Waals surface area contributed by atoms with Gasteiger partial charge in [-0.2, -0.15) is 0 Å². The van der Waals surface area contributed by atoms with Gasteiger partial charge in [-0.3, -0.25) is 0 Å². The van der Waals surface area contributed by atoms with Gasteiger partial charge in [0.2, 0.25) is 0 Å². The third-order valence-electron chi connectivity index (χ3n) is 5.84. The summed E-state index contributed by atoms with van der Waals surface area (Å²) in [6.07, 6.45) is 4.24. The Morgan fingerprint density at radius 1 is 1.22 bits per heavy atom. The maximum absolute atomic E-state index is 5.67. The van der Waals surface area contributed by atoms with Gasteiger partial charge >= 0.3 is 0 Å². The molecule has 1 N–H and O–H groups in total. The van der Waals surface area contributed by atoms with Crippen molar-refractivity contribution in [3.63, 3.8) is 0 Å². The zero-order chi connectivity index (χ0) is 18.5. The van der Waals surface area contributed by atoms with Crippen molar-refractivity contribution >= 4 is 11.8 Å². The van der Waals surface area contributed by atoms with Crippen LogP contribution in [0.3, 0.4) is 0 Å². The Labute approximate surface area is 161 Å². The molecule has 0 aliphatic carbocycles. The van der Waals surface area contributed by atoms with Crippen LogP contribution in [0.2, 0.25) is 0 Å². The van der Waals surface area contributed by atoms with E-state index in [4.69, 9.17) is 14.5 Å². The molecule has 0 bridgehead atoms. The van der Waals surface area contributed by atoms with E-state index >= 15 is 0 Å².